The highest BCUT2D eigenvalue weighted by molar-refractivity contribution is 6.32. The van der Waals surface area contributed by atoms with E-state index in [1.165, 1.54) is 13.2 Å². The van der Waals surface area contributed by atoms with Crippen molar-refractivity contribution in [3.8, 4) is 11.5 Å². The number of fused-ring (bicyclic) bond motifs is 1. The number of pyridine rings is 1. The summed E-state index contributed by atoms with van der Waals surface area (Å²) in [5, 5.41) is 1.73. The van der Waals surface area contributed by atoms with Crippen molar-refractivity contribution >= 4 is 22.4 Å². The van der Waals surface area contributed by atoms with Crippen LogP contribution >= 0.6 is 11.6 Å². The van der Waals surface area contributed by atoms with Crippen LogP contribution in [0.4, 0.5) is 4.39 Å². The first-order valence-electron chi connectivity index (χ1n) is 10.9. The second kappa shape index (κ2) is 9.12. The molecule has 0 saturated heterocycles. The Balaban J connectivity index is 1.57. The van der Waals surface area contributed by atoms with Crippen molar-refractivity contribution in [2.45, 2.75) is 56.6 Å². The minimum absolute atomic E-state index is 0.0218. The number of aromatic amines is 1. The van der Waals surface area contributed by atoms with Gasteiger partial charge in [-0.05, 0) is 73.4 Å². The Morgan fingerprint density at radius 1 is 1.22 bits per heavy atom. The van der Waals surface area contributed by atoms with Crippen molar-refractivity contribution in [1.82, 2.24) is 4.98 Å². The Kier molecular flexibility index (Phi) is 6.45. The molecule has 1 aliphatic rings. The average Bonchev–Trinajstić information content (AvgIpc) is 2.80. The predicted octanol–water partition coefficient (Wildman–Crippen LogP) is 5.33. The van der Waals surface area contributed by atoms with E-state index >= 15 is 0 Å². The molecule has 0 bridgehead atoms. The highest BCUT2D eigenvalue weighted by atomic mass is 35.5. The third-order valence-electron chi connectivity index (χ3n) is 6.82. The number of ether oxygens (including phenoxy) is 2. The van der Waals surface area contributed by atoms with Crippen LogP contribution < -0.4 is 20.8 Å². The third-order valence-corrected chi connectivity index (χ3v) is 7.12. The van der Waals surface area contributed by atoms with Crippen LogP contribution in [0.25, 0.3) is 10.8 Å². The zero-order valence-corrected chi connectivity index (χ0v) is 19.0. The van der Waals surface area contributed by atoms with E-state index in [0.717, 1.165) is 43.1 Å². The number of aromatic nitrogens is 1. The first kappa shape index (κ1) is 22.6. The van der Waals surface area contributed by atoms with Crippen molar-refractivity contribution in [3.05, 3.63) is 69.4 Å². The summed E-state index contributed by atoms with van der Waals surface area (Å²) >= 11 is 6.42. The molecule has 1 saturated carbocycles. The van der Waals surface area contributed by atoms with Crippen LogP contribution in [0.1, 0.15) is 44.6 Å². The maximum atomic E-state index is 14.0. The molecule has 170 valence electrons. The Hall–Kier alpha value is -2.57. The van der Waals surface area contributed by atoms with Crippen LogP contribution in [-0.2, 0) is 5.41 Å². The van der Waals surface area contributed by atoms with Gasteiger partial charge in [-0.3, -0.25) is 4.79 Å². The van der Waals surface area contributed by atoms with E-state index in [4.69, 9.17) is 26.8 Å². The molecule has 1 atom stereocenters. The number of nitrogens with one attached hydrogen (secondary N) is 1. The fourth-order valence-corrected chi connectivity index (χ4v) is 5.12. The van der Waals surface area contributed by atoms with Crippen molar-refractivity contribution in [2.75, 3.05) is 7.11 Å². The van der Waals surface area contributed by atoms with E-state index in [1.54, 1.807) is 18.3 Å². The lowest BCUT2D eigenvalue weighted by Gasteiger charge is -2.44. The van der Waals surface area contributed by atoms with Gasteiger partial charge in [0.25, 0.3) is 5.56 Å². The molecule has 0 amide bonds. The molecular weight excluding hydrogens is 431 g/mol. The van der Waals surface area contributed by atoms with Gasteiger partial charge in [0.15, 0.2) is 11.6 Å². The summed E-state index contributed by atoms with van der Waals surface area (Å²) in [4.78, 5) is 14.7. The maximum absolute atomic E-state index is 14.0. The summed E-state index contributed by atoms with van der Waals surface area (Å²) < 4.78 is 25.5. The summed E-state index contributed by atoms with van der Waals surface area (Å²) in [5.74, 6) is 0.435. The fraction of sp³-hybridized carbons (Fsp3) is 0.400. The maximum Gasteiger partial charge on any atom is 0.255 e. The molecule has 1 heterocycles. The second-order valence-corrected chi connectivity index (χ2v) is 8.92. The van der Waals surface area contributed by atoms with Gasteiger partial charge in [0.05, 0.1) is 18.2 Å². The Labute approximate surface area is 191 Å². The van der Waals surface area contributed by atoms with E-state index < -0.39 is 0 Å². The second-order valence-electron chi connectivity index (χ2n) is 8.51. The molecule has 7 heteroatoms. The molecule has 32 heavy (non-hydrogen) atoms. The number of hydrogen-bond acceptors (Lipinski definition) is 4. The van der Waals surface area contributed by atoms with Crippen LogP contribution in [0.15, 0.2) is 47.4 Å². The lowest BCUT2D eigenvalue weighted by Crippen LogP contribution is -2.48. The largest absolute Gasteiger partial charge is 0.494 e. The summed E-state index contributed by atoms with van der Waals surface area (Å²) in [5.41, 5.74) is 7.17. The molecule has 0 spiro atoms. The highest BCUT2D eigenvalue weighted by Crippen LogP contribution is 2.45. The molecule has 1 unspecified atom stereocenters. The van der Waals surface area contributed by atoms with Gasteiger partial charge in [-0.15, -0.1) is 0 Å². The number of hydrogen-bond donors (Lipinski definition) is 2. The SMILES string of the molecule is CCC(N)[C@]1(c2ccc(F)c(OC)c2)CC[C@H](Oc2cc3cc[nH]c(=O)c3cc2Cl)CC1. The predicted molar refractivity (Wildman–Crippen MR) is 125 cm³/mol. The Morgan fingerprint density at radius 3 is 2.66 bits per heavy atom. The lowest BCUT2D eigenvalue weighted by molar-refractivity contribution is 0.103. The smallest absolute Gasteiger partial charge is 0.255 e. The zero-order valence-electron chi connectivity index (χ0n) is 18.3. The number of benzene rings is 2. The van der Waals surface area contributed by atoms with Crippen LogP contribution in [0.5, 0.6) is 11.5 Å². The van der Waals surface area contributed by atoms with Gasteiger partial charge >= 0.3 is 0 Å². The molecule has 0 radical (unpaired) electrons. The van der Waals surface area contributed by atoms with E-state index in [9.17, 15) is 9.18 Å². The first-order valence-corrected chi connectivity index (χ1v) is 11.3. The number of rotatable bonds is 6. The molecule has 0 aliphatic heterocycles. The van der Waals surface area contributed by atoms with Crippen molar-refractivity contribution < 1.29 is 13.9 Å². The standard InChI is InChI=1S/C25H28ClFN2O3/c1-3-23(28)25(16-4-5-20(27)22(13-16)31-2)9-6-17(7-10-25)32-21-12-15-8-11-29-24(30)18(15)14-19(21)26/h4-5,8,11-14,17,23H,3,6-7,9-10,28H2,1-2H3,(H,29,30)/t17-,23?,25+. The molecule has 3 N–H and O–H groups in total. The minimum atomic E-state index is -0.377. The molecule has 1 aliphatic carbocycles. The van der Waals surface area contributed by atoms with Gasteiger partial charge < -0.3 is 20.2 Å². The van der Waals surface area contributed by atoms with Crippen molar-refractivity contribution in [2.24, 2.45) is 5.73 Å². The van der Waals surface area contributed by atoms with Crippen LogP contribution in [0.3, 0.4) is 0 Å². The number of nitrogens with two attached hydrogens (primary N) is 1. The van der Waals surface area contributed by atoms with Crippen molar-refractivity contribution in [1.29, 1.82) is 0 Å². The molecule has 1 fully saturated rings. The zero-order chi connectivity index (χ0) is 22.9. The molecular formula is C25H28ClFN2O3. The first-order chi connectivity index (χ1) is 15.4. The summed E-state index contributed by atoms with van der Waals surface area (Å²) in [6.45, 7) is 2.08. The lowest BCUT2D eigenvalue weighted by atomic mass is 9.64. The van der Waals surface area contributed by atoms with Gasteiger partial charge in [0.1, 0.15) is 5.75 Å². The van der Waals surface area contributed by atoms with E-state index in [1.807, 2.05) is 18.2 Å². The molecule has 1 aromatic heterocycles. The fourth-order valence-electron chi connectivity index (χ4n) is 4.92. The molecule has 4 rings (SSSR count). The third kappa shape index (κ3) is 4.09. The summed E-state index contributed by atoms with van der Waals surface area (Å²) in [7, 11) is 1.47. The Morgan fingerprint density at radius 2 is 1.97 bits per heavy atom. The Bertz CT molecular complexity index is 1170. The van der Waals surface area contributed by atoms with Gasteiger partial charge in [-0.25, -0.2) is 4.39 Å². The summed E-state index contributed by atoms with van der Waals surface area (Å²) in [6.07, 6.45) is 5.61. The molecule has 2 aromatic carbocycles. The van der Waals surface area contributed by atoms with E-state index in [-0.39, 0.29) is 34.7 Å². The molecule has 3 aromatic rings. The number of halogens is 2. The molecule has 5 nitrogen and oxygen atoms in total. The van der Waals surface area contributed by atoms with Gasteiger partial charge in [0, 0.05) is 23.0 Å². The average molecular weight is 459 g/mol. The number of methoxy groups -OCH3 is 1. The van der Waals surface area contributed by atoms with Gasteiger partial charge in [-0.2, -0.15) is 0 Å². The minimum Gasteiger partial charge on any atom is -0.494 e. The van der Waals surface area contributed by atoms with Crippen molar-refractivity contribution in [3.63, 3.8) is 0 Å². The van der Waals surface area contributed by atoms with Crippen LogP contribution in [0, 0.1) is 5.82 Å². The topological polar surface area (TPSA) is 77.3 Å². The highest BCUT2D eigenvalue weighted by Gasteiger charge is 2.42. The summed E-state index contributed by atoms with van der Waals surface area (Å²) in [6, 6.07) is 10.3. The normalized spacial score (nSPS) is 22.0. The van der Waals surface area contributed by atoms with E-state index in [0.29, 0.717) is 16.2 Å². The quantitative estimate of drug-likeness (QED) is 0.523. The van der Waals surface area contributed by atoms with Crippen LogP contribution in [-0.4, -0.2) is 24.2 Å². The van der Waals surface area contributed by atoms with Gasteiger partial charge in [-0.1, -0.05) is 24.6 Å². The van der Waals surface area contributed by atoms with E-state index in [2.05, 4.69) is 11.9 Å². The monoisotopic (exact) mass is 458 g/mol. The van der Waals surface area contributed by atoms with Crippen LogP contribution in [0.2, 0.25) is 5.02 Å². The number of H-pyrrole nitrogens is 1. The van der Waals surface area contributed by atoms with Gasteiger partial charge in [0.2, 0.25) is 0 Å².